The lowest BCUT2D eigenvalue weighted by molar-refractivity contribution is 0.101. The minimum Gasteiger partial charge on any atom is -0.454 e. The third-order valence-corrected chi connectivity index (χ3v) is 3.83. The molecule has 0 amide bonds. The molecule has 0 N–H and O–H groups in total. The van der Waals surface area contributed by atoms with Gasteiger partial charge in [0.2, 0.25) is 12.6 Å². The van der Waals surface area contributed by atoms with Gasteiger partial charge in [-0.05, 0) is 42.5 Å². The van der Waals surface area contributed by atoms with Gasteiger partial charge in [-0.25, -0.2) is 0 Å². The van der Waals surface area contributed by atoms with Crippen LogP contribution in [-0.4, -0.2) is 12.6 Å². The first-order chi connectivity index (χ1) is 10.2. The van der Waals surface area contributed by atoms with Crippen LogP contribution in [0.15, 0.2) is 51.4 Å². The van der Waals surface area contributed by atoms with Gasteiger partial charge in [-0.15, -0.1) is 0 Å². The number of ketones is 1. The molecule has 104 valence electrons. The Balaban J connectivity index is 1.75. The Kier molecular flexibility index (Phi) is 2.75. The number of hydrogen-bond donors (Lipinski definition) is 0. The van der Waals surface area contributed by atoms with Crippen LogP contribution in [0.1, 0.15) is 16.1 Å². The van der Waals surface area contributed by atoms with Crippen molar-refractivity contribution in [3.63, 3.8) is 0 Å². The number of fused-ring (bicyclic) bond motifs is 2. The van der Waals surface area contributed by atoms with E-state index in [4.69, 9.17) is 13.9 Å². The lowest BCUT2D eigenvalue weighted by Gasteiger charge is -1.99. The van der Waals surface area contributed by atoms with Gasteiger partial charge in [-0.3, -0.25) is 4.79 Å². The number of carbonyl (C=O) groups excluding carboxylic acids is 1. The van der Waals surface area contributed by atoms with Crippen LogP contribution in [0.4, 0.5) is 0 Å². The van der Waals surface area contributed by atoms with E-state index in [0.717, 1.165) is 9.86 Å². The van der Waals surface area contributed by atoms with E-state index in [1.807, 2.05) is 18.2 Å². The molecule has 0 spiro atoms. The smallest absolute Gasteiger partial charge is 0.231 e. The van der Waals surface area contributed by atoms with E-state index in [-0.39, 0.29) is 12.6 Å². The quantitative estimate of drug-likeness (QED) is 0.655. The largest absolute Gasteiger partial charge is 0.454 e. The van der Waals surface area contributed by atoms with Crippen molar-refractivity contribution in [2.45, 2.75) is 0 Å². The summed E-state index contributed by atoms with van der Waals surface area (Å²) >= 11 is 3.40. The summed E-state index contributed by atoms with van der Waals surface area (Å²) < 4.78 is 17.1. The van der Waals surface area contributed by atoms with Crippen molar-refractivity contribution in [1.82, 2.24) is 0 Å². The van der Waals surface area contributed by atoms with Crippen LogP contribution in [0.3, 0.4) is 0 Å². The van der Waals surface area contributed by atoms with E-state index in [0.29, 0.717) is 28.4 Å². The molecule has 0 bridgehead atoms. The van der Waals surface area contributed by atoms with Crippen LogP contribution in [0.25, 0.3) is 11.0 Å². The Morgan fingerprint density at radius 3 is 2.76 bits per heavy atom. The molecule has 3 aromatic rings. The van der Waals surface area contributed by atoms with Crippen molar-refractivity contribution in [2.75, 3.05) is 6.79 Å². The first kappa shape index (κ1) is 12.5. The fourth-order valence-electron chi connectivity index (χ4n) is 2.31. The first-order valence-corrected chi connectivity index (χ1v) is 7.13. The van der Waals surface area contributed by atoms with Crippen molar-refractivity contribution in [2.24, 2.45) is 0 Å². The maximum atomic E-state index is 12.5. The molecule has 0 aliphatic carbocycles. The van der Waals surface area contributed by atoms with Crippen LogP contribution in [0.5, 0.6) is 11.5 Å². The summed E-state index contributed by atoms with van der Waals surface area (Å²) in [4.78, 5) is 12.5. The monoisotopic (exact) mass is 344 g/mol. The highest BCUT2D eigenvalue weighted by Crippen LogP contribution is 2.33. The fraction of sp³-hybridized carbons (Fsp3) is 0.0625. The van der Waals surface area contributed by atoms with E-state index in [1.165, 1.54) is 0 Å². The molecule has 0 saturated carbocycles. The average molecular weight is 345 g/mol. The molecule has 0 atom stereocenters. The van der Waals surface area contributed by atoms with Gasteiger partial charge in [0.1, 0.15) is 5.58 Å². The number of halogens is 1. The van der Waals surface area contributed by atoms with E-state index in [2.05, 4.69) is 15.9 Å². The van der Waals surface area contributed by atoms with E-state index in [1.54, 1.807) is 24.3 Å². The number of furan rings is 1. The summed E-state index contributed by atoms with van der Waals surface area (Å²) in [5.41, 5.74) is 1.19. The molecule has 5 heteroatoms. The van der Waals surface area contributed by atoms with Gasteiger partial charge in [-0.1, -0.05) is 15.9 Å². The number of carbonyl (C=O) groups is 1. The summed E-state index contributed by atoms with van der Waals surface area (Å²) in [6.45, 7) is 0.186. The number of rotatable bonds is 2. The van der Waals surface area contributed by atoms with Gasteiger partial charge in [0.05, 0.1) is 0 Å². The van der Waals surface area contributed by atoms with Gasteiger partial charge in [0.15, 0.2) is 17.3 Å². The normalized spacial score (nSPS) is 12.8. The number of benzene rings is 2. The molecule has 0 fully saturated rings. The summed E-state index contributed by atoms with van der Waals surface area (Å²) in [6, 6.07) is 12.5. The highest BCUT2D eigenvalue weighted by molar-refractivity contribution is 9.10. The second-order valence-electron chi connectivity index (χ2n) is 4.69. The van der Waals surface area contributed by atoms with Gasteiger partial charge in [-0.2, -0.15) is 0 Å². The second-order valence-corrected chi connectivity index (χ2v) is 5.61. The first-order valence-electron chi connectivity index (χ1n) is 6.34. The SMILES string of the molecule is O=C(c1ccc2c(c1)OCO2)c1cc2cc(Br)ccc2o1. The predicted octanol–water partition coefficient (Wildman–Crippen LogP) is 4.16. The Morgan fingerprint density at radius 2 is 1.86 bits per heavy atom. The summed E-state index contributed by atoms with van der Waals surface area (Å²) in [6.07, 6.45) is 0. The zero-order valence-corrected chi connectivity index (χ0v) is 12.3. The molecular formula is C16H9BrO4. The molecule has 1 aliphatic rings. The molecule has 0 unspecified atom stereocenters. The van der Waals surface area contributed by atoms with Crippen molar-refractivity contribution in [3.8, 4) is 11.5 Å². The Morgan fingerprint density at radius 1 is 1.00 bits per heavy atom. The zero-order chi connectivity index (χ0) is 14.4. The third-order valence-electron chi connectivity index (χ3n) is 3.34. The Labute approximate surface area is 128 Å². The van der Waals surface area contributed by atoms with Crippen LogP contribution >= 0.6 is 15.9 Å². The Bertz CT molecular complexity index is 866. The van der Waals surface area contributed by atoms with Crippen molar-refractivity contribution in [1.29, 1.82) is 0 Å². The van der Waals surface area contributed by atoms with E-state index < -0.39 is 0 Å². The molecule has 21 heavy (non-hydrogen) atoms. The van der Waals surface area contributed by atoms with Crippen molar-refractivity contribution in [3.05, 3.63) is 58.3 Å². The fourth-order valence-corrected chi connectivity index (χ4v) is 2.68. The molecule has 2 aromatic carbocycles. The highest BCUT2D eigenvalue weighted by Gasteiger charge is 2.19. The van der Waals surface area contributed by atoms with Crippen LogP contribution in [0.2, 0.25) is 0 Å². The van der Waals surface area contributed by atoms with Gasteiger partial charge in [0, 0.05) is 15.4 Å². The predicted molar refractivity (Wildman–Crippen MR) is 79.9 cm³/mol. The van der Waals surface area contributed by atoms with Crippen LogP contribution in [-0.2, 0) is 0 Å². The molecule has 1 aromatic heterocycles. The van der Waals surface area contributed by atoms with Gasteiger partial charge < -0.3 is 13.9 Å². The molecule has 4 nitrogen and oxygen atoms in total. The topological polar surface area (TPSA) is 48.7 Å². The average Bonchev–Trinajstić information content (AvgIpc) is 3.11. The molecular weight excluding hydrogens is 336 g/mol. The molecule has 0 saturated heterocycles. The summed E-state index contributed by atoms with van der Waals surface area (Å²) in [5.74, 6) is 1.36. The maximum absolute atomic E-state index is 12.5. The van der Waals surface area contributed by atoms with Crippen LogP contribution < -0.4 is 9.47 Å². The van der Waals surface area contributed by atoms with Crippen molar-refractivity contribution < 1.29 is 18.7 Å². The molecule has 1 aliphatic heterocycles. The standard InChI is InChI=1S/C16H9BrO4/c17-11-2-4-12-10(5-11)7-15(21-12)16(18)9-1-3-13-14(6-9)20-8-19-13/h1-7H,8H2. The lowest BCUT2D eigenvalue weighted by Crippen LogP contribution is -1.99. The van der Waals surface area contributed by atoms with E-state index >= 15 is 0 Å². The summed E-state index contributed by atoms with van der Waals surface area (Å²) in [5, 5.41) is 0.883. The van der Waals surface area contributed by atoms with Crippen molar-refractivity contribution >= 4 is 32.7 Å². The number of ether oxygens (including phenoxy) is 2. The zero-order valence-electron chi connectivity index (χ0n) is 10.8. The molecule has 4 rings (SSSR count). The van der Waals surface area contributed by atoms with Gasteiger partial charge >= 0.3 is 0 Å². The minimum atomic E-state index is -0.180. The lowest BCUT2D eigenvalue weighted by atomic mass is 10.1. The third kappa shape index (κ3) is 2.10. The van der Waals surface area contributed by atoms with Gasteiger partial charge in [0.25, 0.3) is 0 Å². The number of hydrogen-bond acceptors (Lipinski definition) is 4. The maximum Gasteiger partial charge on any atom is 0.231 e. The molecule has 2 heterocycles. The Hall–Kier alpha value is -2.27. The summed E-state index contributed by atoms with van der Waals surface area (Å²) in [7, 11) is 0. The molecule has 0 radical (unpaired) electrons. The highest BCUT2D eigenvalue weighted by atomic mass is 79.9. The van der Waals surface area contributed by atoms with Crippen LogP contribution in [0, 0.1) is 0 Å². The van der Waals surface area contributed by atoms with E-state index in [9.17, 15) is 4.79 Å². The second kappa shape index (κ2) is 4.63. The minimum absolute atomic E-state index is 0.180.